The Bertz CT molecular complexity index is 654. The third kappa shape index (κ3) is 3.24. The van der Waals surface area contributed by atoms with Gasteiger partial charge in [0.15, 0.2) is 6.29 Å². The highest BCUT2D eigenvalue weighted by Crippen LogP contribution is 2.31. The fourth-order valence-electron chi connectivity index (χ4n) is 3.25. The van der Waals surface area contributed by atoms with Gasteiger partial charge < -0.3 is 14.2 Å². The first-order chi connectivity index (χ1) is 11.0. The lowest BCUT2D eigenvalue weighted by atomic mass is 10.0. The Labute approximate surface area is 137 Å². The molecule has 2 saturated heterocycles. The monoisotopic (exact) mass is 341 g/mol. The van der Waals surface area contributed by atoms with E-state index >= 15 is 0 Å². The molecule has 0 amide bonds. The second-order valence-electron chi connectivity index (χ2n) is 5.92. The molecule has 0 bridgehead atoms. The molecular formula is C16H23NO5S. The lowest BCUT2D eigenvalue weighted by molar-refractivity contribution is -0.0913. The number of rotatable bonds is 4. The summed E-state index contributed by atoms with van der Waals surface area (Å²) in [6.45, 7) is 3.39. The number of hydrogen-bond acceptors (Lipinski definition) is 5. The number of hydrogen-bond donors (Lipinski definition) is 0. The summed E-state index contributed by atoms with van der Waals surface area (Å²) in [5, 5.41) is 0. The van der Waals surface area contributed by atoms with Crippen LogP contribution in [0.1, 0.15) is 24.8 Å². The molecule has 0 saturated carbocycles. The lowest BCUT2D eigenvalue weighted by Crippen LogP contribution is -2.50. The molecule has 3 rings (SSSR count). The van der Waals surface area contributed by atoms with Crippen LogP contribution in [-0.4, -0.2) is 51.9 Å². The van der Waals surface area contributed by atoms with Crippen LogP contribution in [-0.2, 0) is 19.5 Å². The Morgan fingerprint density at radius 3 is 2.61 bits per heavy atom. The highest BCUT2D eigenvalue weighted by atomic mass is 32.2. The Morgan fingerprint density at radius 1 is 1.22 bits per heavy atom. The maximum absolute atomic E-state index is 13.1. The van der Waals surface area contributed by atoms with Gasteiger partial charge in [-0.15, -0.1) is 0 Å². The largest absolute Gasteiger partial charge is 0.496 e. The second kappa shape index (κ2) is 6.76. The molecule has 7 heteroatoms. The van der Waals surface area contributed by atoms with Crippen molar-refractivity contribution in [2.24, 2.45) is 0 Å². The molecular weight excluding hydrogens is 318 g/mol. The van der Waals surface area contributed by atoms with Gasteiger partial charge in [0.25, 0.3) is 0 Å². The molecule has 0 radical (unpaired) electrons. The van der Waals surface area contributed by atoms with Crippen molar-refractivity contribution in [2.45, 2.75) is 43.4 Å². The van der Waals surface area contributed by atoms with Crippen molar-refractivity contribution >= 4 is 10.0 Å². The van der Waals surface area contributed by atoms with Gasteiger partial charge in [-0.05, 0) is 43.5 Å². The average molecular weight is 341 g/mol. The van der Waals surface area contributed by atoms with Crippen LogP contribution in [0.25, 0.3) is 0 Å². The van der Waals surface area contributed by atoms with E-state index in [4.69, 9.17) is 14.2 Å². The highest BCUT2D eigenvalue weighted by molar-refractivity contribution is 7.89. The fourth-order valence-corrected chi connectivity index (χ4v) is 5.01. The van der Waals surface area contributed by atoms with Crippen molar-refractivity contribution in [1.82, 2.24) is 4.31 Å². The number of sulfonamides is 1. The zero-order valence-corrected chi connectivity index (χ0v) is 14.3. The van der Waals surface area contributed by atoms with E-state index in [1.807, 2.05) is 6.92 Å². The lowest BCUT2D eigenvalue weighted by Gasteiger charge is -2.36. The van der Waals surface area contributed by atoms with E-state index < -0.39 is 16.3 Å². The Balaban J connectivity index is 1.91. The van der Waals surface area contributed by atoms with Crippen molar-refractivity contribution in [1.29, 1.82) is 0 Å². The predicted octanol–water partition coefficient (Wildman–Crippen LogP) is 1.92. The Hall–Kier alpha value is -1.15. The summed E-state index contributed by atoms with van der Waals surface area (Å²) in [5.41, 5.74) is 0.801. The van der Waals surface area contributed by atoms with Crippen LogP contribution < -0.4 is 4.74 Å². The number of ether oxygens (including phenoxy) is 3. The minimum absolute atomic E-state index is 0.251. The summed E-state index contributed by atoms with van der Waals surface area (Å²) in [4.78, 5) is 0.292. The Kier molecular flexibility index (Phi) is 4.91. The highest BCUT2D eigenvalue weighted by Gasteiger charge is 2.40. The summed E-state index contributed by atoms with van der Waals surface area (Å²) >= 11 is 0. The van der Waals surface area contributed by atoms with Crippen molar-refractivity contribution in [3.05, 3.63) is 23.8 Å². The summed E-state index contributed by atoms with van der Waals surface area (Å²) < 4.78 is 44.1. The van der Waals surface area contributed by atoms with Crippen molar-refractivity contribution in [3.8, 4) is 5.75 Å². The van der Waals surface area contributed by atoms with E-state index in [0.29, 0.717) is 30.4 Å². The first-order valence-corrected chi connectivity index (χ1v) is 9.38. The molecule has 2 aliphatic heterocycles. The van der Waals surface area contributed by atoms with Crippen LogP contribution in [0.2, 0.25) is 0 Å². The van der Waals surface area contributed by atoms with Gasteiger partial charge in [-0.2, -0.15) is 4.31 Å². The Morgan fingerprint density at radius 2 is 1.96 bits per heavy atom. The van der Waals surface area contributed by atoms with E-state index in [1.54, 1.807) is 29.6 Å². The standard InChI is InChI=1S/C16H23NO5S/c1-12-11-13(6-7-15(12)20-2)23(18,19)17-8-4-3-5-14(17)16-21-9-10-22-16/h6-7,11,14,16H,3-5,8-10H2,1-2H3. The smallest absolute Gasteiger partial charge is 0.243 e. The normalized spacial score (nSPS) is 24.0. The number of piperidine rings is 1. The molecule has 0 spiro atoms. The van der Waals surface area contributed by atoms with Gasteiger partial charge in [-0.25, -0.2) is 8.42 Å². The van der Waals surface area contributed by atoms with Crippen LogP contribution in [0.4, 0.5) is 0 Å². The molecule has 2 aliphatic rings. The molecule has 0 N–H and O–H groups in total. The SMILES string of the molecule is COc1ccc(S(=O)(=O)N2CCCCC2C2OCCO2)cc1C. The number of nitrogens with zero attached hydrogens (tertiary/aromatic N) is 1. The number of benzene rings is 1. The van der Waals surface area contributed by atoms with Gasteiger partial charge in [-0.3, -0.25) is 0 Å². The van der Waals surface area contributed by atoms with E-state index in [9.17, 15) is 8.42 Å². The summed E-state index contributed by atoms with van der Waals surface area (Å²) in [6.07, 6.45) is 2.16. The van der Waals surface area contributed by atoms with Crippen LogP contribution in [0.5, 0.6) is 5.75 Å². The van der Waals surface area contributed by atoms with Crippen LogP contribution >= 0.6 is 0 Å². The van der Waals surface area contributed by atoms with Crippen molar-refractivity contribution < 1.29 is 22.6 Å². The maximum atomic E-state index is 13.1. The van der Waals surface area contributed by atoms with Gasteiger partial charge in [0, 0.05) is 6.54 Å². The quantitative estimate of drug-likeness (QED) is 0.837. The predicted molar refractivity (Wildman–Crippen MR) is 85.0 cm³/mol. The van der Waals surface area contributed by atoms with Crippen molar-refractivity contribution in [2.75, 3.05) is 26.9 Å². The van der Waals surface area contributed by atoms with Gasteiger partial charge >= 0.3 is 0 Å². The van der Waals surface area contributed by atoms with Gasteiger partial charge in [-0.1, -0.05) is 6.42 Å². The number of aryl methyl sites for hydroxylation is 1. The van der Waals surface area contributed by atoms with Crippen LogP contribution in [0, 0.1) is 6.92 Å². The number of methoxy groups -OCH3 is 1. The zero-order valence-electron chi connectivity index (χ0n) is 13.5. The summed E-state index contributed by atoms with van der Waals surface area (Å²) in [6, 6.07) is 4.71. The summed E-state index contributed by atoms with van der Waals surface area (Å²) in [7, 11) is -2.00. The average Bonchev–Trinajstić information content (AvgIpc) is 3.09. The first-order valence-electron chi connectivity index (χ1n) is 7.94. The molecule has 6 nitrogen and oxygen atoms in total. The van der Waals surface area contributed by atoms with Gasteiger partial charge in [0.2, 0.25) is 10.0 Å². The molecule has 1 aromatic carbocycles. The molecule has 1 aromatic rings. The van der Waals surface area contributed by atoms with Crippen LogP contribution in [0.3, 0.4) is 0 Å². The third-order valence-electron chi connectivity index (χ3n) is 4.43. The second-order valence-corrected chi connectivity index (χ2v) is 7.81. The fraction of sp³-hybridized carbons (Fsp3) is 0.625. The van der Waals surface area contributed by atoms with Crippen LogP contribution in [0.15, 0.2) is 23.1 Å². The molecule has 2 fully saturated rings. The molecule has 128 valence electrons. The van der Waals surface area contributed by atoms with Gasteiger partial charge in [0.1, 0.15) is 5.75 Å². The van der Waals surface area contributed by atoms with Gasteiger partial charge in [0.05, 0.1) is 31.3 Å². The minimum atomic E-state index is -3.58. The van der Waals surface area contributed by atoms with E-state index in [2.05, 4.69) is 0 Å². The molecule has 2 heterocycles. The van der Waals surface area contributed by atoms with E-state index in [1.165, 1.54) is 0 Å². The summed E-state index contributed by atoms with van der Waals surface area (Å²) in [5.74, 6) is 0.682. The van der Waals surface area contributed by atoms with E-state index in [-0.39, 0.29) is 6.04 Å². The molecule has 1 atom stereocenters. The van der Waals surface area contributed by atoms with Crippen molar-refractivity contribution in [3.63, 3.8) is 0 Å². The van der Waals surface area contributed by atoms with E-state index in [0.717, 1.165) is 24.8 Å². The minimum Gasteiger partial charge on any atom is -0.496 e. The molecule has 0 aliphatic carbocycles. The maximum Gasteiger partial charge on any atom is 0.243 e. The topological polar surface area (TPSA) is 65.1 Å². The molecule has 1 unspecified atom stereocenters. The zero-order chi connectivity index (χ0) is 16.4. The molecule has 23 heavy (non-hydrogen) atoms. The molecule has 0 aromatic heterocycles. The third-order valence-corrected chi connectivity index (χ3v) is 6.35. The first kappa shape index (κ1) is 16.7.